The molecule has 31 heavy (non-hydrogen) atoms. The van der Waals surface area contributed by atoms with Gasteiger partial charge in [-0.2, -0.15) is 8.42 Å². The van der Waals surface area contributed by atoms with E-state index < -0.39 is 90.2 Å². The fourth-order valence-electron chi connectivity index (χ4n) is 3.19. The molecule has 0 radical (unpaired) electrons. The van der Waals surface area contributed by atoms with E-state index in [4.69, 9.17) is 23.9 Å². The first kappa shape index (κ1) is 25.7. The molecular weight excluding hydrogens is 454 g/mol. The molecule has 0 aromatic heterocycles. The number of amides is 1. The zero-order chi connectivity index (χ0) is 23.7. The third kappa shape index (κ3) is 6.05. The van der Waals surface area contributed by atoms with Crippen LogP contribution < -0.4 is 5.32 Å². The number of hydrogen-bond acceptors (Lipinski definition) is 13. The average molecular weight is 477 g/mol. The summed E-state index contributed by atoms with van der Waals surface area (Å²) < 4.78 is 51.3. The summed E-state index contributed by atoms with van der Waals surface area (Å²) in [6.07, 6.45) is -17.8. The van der Waals surface area contributed by atoms with Crippen LogP contribution in [0.25, 0.3) is 0 Å². The van der Waals surface area contributed by atoms with Gasteiger partial charge in [-0.3, -0.25) is 9.35 Å². The first-order chi connectivity index (χ1) is 14.3. The number of nitrogens with one attached hydrogen (secondary N) is 1. The zero-order valence-corrected chi connectivity index (χ0v) is 16.6. The van der Waals surface area contributed by atoms with Crippen molar-refractivity contribution in [3.63, 3.8) is 0 Å². The molecule has 8 N–H and O–H groups in total. The van der Waals surface area contributed by atoms with Gasteiger partial charge in [0.1, 0.15) is 42.7 Å². The highest BCUT2D eigenvalue weighted by molar-refractivity contribution is 7.80. The van der Waals surface area contributed by atoms with E-state index in [0.717, 1.165) is 6.92 Å². The quantitative estimate of drug-likeness (QED) is 0.159. The molecule has 0 saturated carbocycles. The molecule has 2 saturated heterocycles. The Morgan fingerprint density at radius 1 is 1.03 bits per heavy atom. The van der Waals surface area contributed by atoms with Gasteiger partial charge in [0.25, 0.3) is 0 Å². The molecule has 2 heterocycles. The van der Waals surface area contributed by atoms with Crippen molar-refractivity contribution < 1.29 is 71.6 Å². The van der Waals surface area contributed by atoms with Gasteiger partial charge in [0.15, 0.2) is 18.7 Å². The third-order valence-corrected chi connectivity index (χ3v) is 5.02. The molecule has 10 atom stereocenters. The van der Waals surface area contributed by atoms with Crippen molar-refractivity contribution in [2.75, 3.05) is 6.61 Å². The number of carbonyl (C=O) groups excluding carboxylic acids is 1. The van der Waals surface area contributed by atoms with Crippen LogP contribution in [-0.4, -0.2) is 123 Å². The van der Waals surface area contributed by atoms with Crippen molar-refractivity contribution in [1.29, 1.82) is 0 Å². The van der Waals surface area contributed by atoms with Crippen LogP contribution in [0.3, 0.4) is 0 Å². The average Bonchev–Trinajstić information content (AvgIpc) is 2.64. The largest absolute Gasteiger partial charge is 0.479 e. The maximum atomic E-state index is 11.5. The van der Waals surface area contributed by atoms with Gasteiger partial charge >= 0.3 is 16.4 Å². The van der Waals surface area contributed by atoms with Crippen LogP contribution in [0.4, 0.5) is 0 Å². The van der Waals surface area contributed by atoms with Crippen molar-refractivity contribution in [1.82, 2.24) is 5.32 Å². The molecule has 0 aromatic rings. The summed E-state index contributed by atoms with van der Waals surface area (Å²) in [6, 6.07) is -1.64. The lowest BCUT2D eigenvalue weighted by molar-refractivity contribution is -0.334. The van der Waals surface area contributed by atoms with Crippen molar-refractivity contribution in [3.8, 4) is 0 Å². The lowest BCUT2D eigenvalue weighted by Gasteiger charge is -2.46. The minimum atomic E-state index is -5.22. The Hall–Kier alpha value is -1.51. The van der Waals surface area contributed by atoms with Crippen molar-refractivity contribution in [2.45, 2.75) is 68.3 Å². The summed E-state index contributed by atoms with van der Waals surface area (Å²) in [7, 11) is -5.22. The van der Waals surface area contributed by atoms with E-state index in [1.54, 1.807) is 0 Å². The molecule has 17 heteroatoms. The number of hydrogen-bond donors (Lipinski definition) is 8. The number of aliphatic carboxylic acids is 1. The van der Waals surface area contributed by atoms with Crippen LogP contribution in [0.2, 0.25) is 0 Å². The fourth-order valence-corrected chi connectivity index (χ4v) is 3.71. The minimum absolute atomic E-state index is 0.779. The Bertz CT molecular complexity index is 761. The summed E-state index contributed by atoms with van der Waals surface area (Å²) >= 11 is 0. The third-order valence-electron chi connectivity index (χ3n) is 4.55. The number of ether oxygens (including phenoxy) is 3. The van der Waals surface area contributed by atoms with Crippen LogP contribution in [0, 0.1) is 0 Å². The van der Waals surface area contributed by atoms with Gasteiger partial charge in [0.05, 0.1) is 6.61 Å². The summed E-state index contributed by atoms with van der Waals surface area (Å²) in [6.45, 7) is 0.0319. The summed E-state index contributed by atoms with van der Waals surface area (Å²) in [5.74, 6) is -2.52. The van der Waals surface area contributed by atoms with Gasteiger partial charge in [-0.05, 0) is 0 Å². The molecule has 2 fully saturated rings. The Morgan fingerprint density at radius 2 is 1.65 bits per heavy atom. The van der Waals surface area contributed by atoms with Crippen LogP contribution in [0.5, 0.6) is 0 Å². The maximum absolute atomic E-state index is 11.5. The van der Waals surface area contributed by atoms with E-state index in [-0.39, 0.29) is 0 Å². The highest BCUT2D eigenvalue weighted by atomic mass is 32.3. The Morgan fingerprint density at radius 3 is 2.13 bits per heavy atom. The topological polar surface area (TPSA) is 259 Å². The summed E-state index contributed by atoms with van der Waals surface area (Å²) in [5, 5.41) is 60.6. The highest BCUT2D eigenvalue weighted by Gasteiger charge is 2.53. The normalized spacial score (nSPS) is 41.5. The molecule has 2 rings (SSSR count). The van der Waals surface area contributed by atoms with Gasteiger partial charge < -0.3 is 50.2 Å². The molecule has 2 aliphatic rings. The maximum Gasteiger partial charge on any atom is 0.397 e. The van der Waals surface area contributed by atoms with E-state index in [0.29, 0.717) is 0 Å². The molecular formula is C14H23NO15S. The van der Waals surface area contributed by atoms with Gasteiger partial charge in [-0.1, -0.05) is 0 Å². The Labute approximate surface area is 174 Å². The summed E-state index contributed by atoms with van der Waals surface area (Å²) in [4.78, 5) is 22.8. The first-order valence-electron chi connectivity index (χ1n) is 8.72. The monoisotopic (exact) mass is 477 g/mol. The Balaban J connectivity index is 2.42. The molecule has 0 spiro atoms. The molecule has 0 aromatic carbocycles. The lowest BCUT2D eigenvalue weighted by Crippen LogP contribution is -2.68. The smallest absolute Gasteiger partial charge is 0.397 e. The van der Waals surface area contributed by atoms with E-state index >= 15 is 0 Å². The van der Waals surface area contributed by atoms with Crippen molar-refractivity contribution >= 4 is 22.3 Å². The molecule has 4 unspecified atom stereocenters. The number of rotatable bonds is 7. The molecule has 1 amide bonds. The molecule has 2 aliphatic heterocycles. The second-order valence-electron chi connectivity index (χ2n) is 6.80. The predicted molar refractivity (Wildman–Crippen MR) is 91.2 cm³/mol. The first-order valence-corrected chi connectivity index (χ1v) is 10.1. The fraction of sp³-hybridized carbons (Fsp3) is 0.857. The van der Waals surface area contributed by atoms with E-state index in [1.807, 2.05) is 0 Å². The minimum Gasteiger partial charge on any atom is -0.479 e. The molecule has 0 aliphatic carbocycles. The van der Waals surface area contributed by atoms with E-state index in [9.17, 15) is 43.5 Å². The van der Waals surface area contributed by atoms with Crippen LogP contribution in [0.15, 0.2) is 0 Å². The van der Waals surface area contributed by atoms with Gasteiger partial charge in [0, 0.05) is 6.92 Å². The number of carboxylic acids is 1. The second-order valence-corrected chi connectivity index (χ2v) is 7.85. The zero-order valence-electron chi connectivity index (χ0n) is 15.8. The van der Waals surface area contributed by atoms with Crippen LogP contribution in [0.1, 0.15) is 6.92 Å². The van der Waals surface area contributed by atoms with E-state index in [2.05, 4.69) is 9.50 Å². The molecule has 180 valence electrons. The number of carbonyl (C=O) groups is 2. The molecule has 16 nitrogen and oxygen atoms in total. The van der Waals surface area contributed by atoms with Gasteiger partial charge in [-0.15, -0.1) is 0 Å². The number of aliphatic hydroxyl groups is 5. The second kappa shape index (κ2) is 9.96. The van der Waals surface area contributed by atoms with Crippen LogP contribution >= 0.6 is 0 Å². The van der Waals surface area contributed by atoms with Crippen molar-refractivity contribution in [3.05, 3.63) is 0 Å². The van der Waals surface area contributed by atoms with Crippen molar-refractivity contribution in [2.24, 2.45) is 0 Å². The van der Waals surface area contributed by atoms with Gasteiger partial charge in [-0.25, -0.2) is 8.98 Å². The number of carboxylic acid groups (broad SMARTS) is 1. The standard InChI is InChI=1S/C14H23NO15S/c1-3(17)15-5-10(9(30-31(24,25)26)4(2-16)27-13(5)23)28-14-8(20)6(18)7(19)11(29-14)12(21)22/h4-11,13-14,16,18-20,23H,2H2,1H3,(H,15,17)(H,21,22)(H,24,25,26)/t4?,5?,6-,7-,8?,9-,10+,11?,13+,14+/m0/s1. The van der Waals surface area contributed by atoms with E-state index in [1.165, 1.54) is 0 Å². The lowest BCUT2D eigenvalue weighted by atomic mass is 9.95. The van der Waals surface area contributed by atoms with Gasteiger partial charge in [0.2, 0.25) is 5.91 Å². The Kier molecular flexibility index (Phi) is 8.27. The SMILES string of the molecule is CC(=O)NC1[C@H](O)OC(CO)[C@H](OS(=O)(=O)O)[C@@H]1O[C@@H]1OC(C(=O)O)[C@@H](O)[C@H](O)C1O. The predicted octanol–water partition coefficient (Wildman–Crippen LogP) is -5.33. The molecule has 0 bridgehead atoms. The summed E-state index contributed by atoms with van der Waals surface area (Å²) in [5.41, 5.74) is 0. The number of aliphatic hydroxyl groups excluding tert-OH is 5. The van der Waals surface area contributed by atoms with Crippen LogP contribution in [-0.2, 0) is 38.4 Å². The highest BCUT2D eigenvalue weighted by Crippen LogP contribution is 2.30.